The Morgan fingerprint density at radius 3 is 2.50 bits per heavy atom. The minimum absolute atomic E-state index is 0. The van der Waals surface area contributed by atoms with Crippen molar-refractivity contribution in [2.24, 2.45) is 5.73 Å². The van der Waals surface area contributed by atoms with Crippen molar-refractivity contribution in [2.45, 2.75) is 32.0 Å². The minimum atomic E-state index is -0.374. The molecule has 2 heterocycles. The van der Waals surface area contributed by atoms with Gasteiger partial charge >= 0.3 is 6.03 Å². The van der Waals surface area contributed by atoms with E-state index in [1.807, 2.05) is 31.2 Å². The van der Waals surface area contributed by atoms with Gasteiger partial charge in [0.15, 0.2) is 0 Å². The van der Waals surface area contributed by atoms with Gasteiger partial charge in [-0.3, -0.25) is 4.79 Å². The number of carbonyl (C=O) groups excluding carboxylic acids is 2. The number of nitrogens with two attached hydrogens (primary N) is 1. The standard InChI is InChI=1S/C18H26N4O3.ClH/c1-13-3-2-4-14(11-13)20-18(24)22-9-7-21(8-10-22)17(23)16-6-5-15(12-19)25-16;/h2-4,11,15-16H,5-10,12,19H2,1H3,(H,20,24);1H/t15-,16+;/m1./s1. The highest BCUT2D eigenvalue weighted by Gasteiger charge is 2.34. The van der Waals surface area contributed by atoms with Crippen LogP contribution in [0.1, 0.15) is 18.4 Å². The summed E-state index contributed by atoms with van der Waals surface area (Å²) in [5, 5.41) is 2.91. The van der Waals surface area contributed by atoms with Gasteiger partial charge in [0, 0.05) is 38.4 Å². The van der Waals surface area contributed by atoms with E-state index in [9.17, 15) is 9.59 Å². The zero-order valence-corrected chi connectivity index (χ0v) is 15.8. The fourth-order valence-electron chi connectivity index (χ4n) is 3.32. The molecule has 0 aromatic heterocycles. The van der Waals surface area contributed by atoms with E-state index in [4.69, 9.17) is 10.5 Å². The van der Waals surface area contributed by atoms with Gasteiger partial charge in [0.1, 0.15) is 6.10 Å². The summed E-state index contributed by atoms with van der Waals surface area (Å²) in [4.78, 5) is 28.4. The number of aryl methyl sites for hydroxylation is 1. The van der Waals surface area contributed by atoms with Crippen molar-refractivity contribution < 1.29 is 14.3 Å². The third kappa shape index (κ3) is 4.87. The van der Waals surface area contributed by atoms with Crippen molar-refractivity contribution in [1.29, 1.82) is 0 Å². The Bertz CT molecular complexity index is 635. The van der Waals surface area contributed by atoms with E-state index in [-0.39, 0.29) is 36.6 Å². The lowest BCUT2D eigenvalue weighted by Gasteiger charge is -2.35. The van der Waals surface area contributed by atoms with Crippen molar-refractivity contribution in [3.8, 4) is 0 Å². The van der Waals surface area contributed by atoms with Crippen LogP contribution in [-0.2, 0) is 9.53 Å². The highest BCUT2D eigenvalue weighted by molar-refractivity contribution is 5.89. The molecule has 8 heteroatoms. The van der Waals surface area contributed by atoms with Crippen LogP contribution in [0.2, 0.25) is 0 Å². The molecule has 1 aromatic carbocycles. The van der Waals surface area contributed by atoms with Crippen molar-refractivity contribution in [3.05, 3.63) is 29.8 Å². The lowest BCUT2D eigenvalue weighted by molar-refractivity contribution is -0.144. The molecule has 2 fully saturated rings. The number of benzene rings is 1. The van der Waals surface area contributed by atoms with E-state index in [1.54, 1.807) is 9.80 Å². The molecule has 2 atom stereocenters. The Kier molecular flexibility index (Phi) is 7.25. The molecule has 2 aliphatic heterocycles. The van der Waals surface area contributed by atoms with Gasteiger partial charge in [0.05, 0.1) is 6.10 Å². The molecular formula is C18H27ClN4O3. The number of amides is 3. The normalized spacial score (nSPS) is 22.7. The number of piperazine rings is 1. The number of nitrogens with zero attached hydrogens (tertiary/aromatic N) is 2. The number of anilines is 1. The molecule has 0 radical (unpaired) electrons. The van der Waals surface area contributed by atoms with Gasteiger partial charge in [0.2, 0.25) is 0 Å². The van der Waals surface area contributed by atoms with E-state index in [2.05, 4.69) is 5.32 Å². The van der Waals surface area contributed by atoms with Gasteiger partial charge in [-0.2, -0.15) is 0 Å². The van der Waals surface area contributed by atoms with Gasteiger partial charge in [-0.05, 0) is 37.5 Å². The number of hydrogen-bond donors (Lipinski definition) is 2. The molecule has 7 nitrogen and oxygen atoms in total. The average Bonchev–Trinajstić information content (AvgIpc) is 3.10. The number of urea groups is 1. The number of carbonyl (C=O) groups is 2. The second kappa shape index (κ2) is 9.21. The largest absolute Gasteiger partial charge is 0.364 e. The molecular weight excluding hydrogens is 356 g/mol. The summed E-state index contributed by atoms with van der Waals surface area (Å²) in [6, 6.07) is 7.58. The van der Waals surface area contributed by atoms with Crippen LogP contribution in [-0.4, -0.2) is 66.7 Å². The molecule has 2 saturated heterocycles. The Morgan fingerprint density at radius 1 is 1.19 bits per heavy atom. The number of hydrogen-bond acceptors (Lipinski definition) is 4. The maximum atomic E-state index is 12.5. The molecule has 0 spiro atoms. The van der Waals surface area contributed by atoms with Crippen molar-refractivity contribution in [3.63, 3.8) is 0 Å². The van der Waals surface area contributed by atoms with Crippen LogP contribution < -0.4 is 11.1 Å². The second-order valence-electron chi connectivity index (χ2n) is 6.67. The van der Waals surface area contributed by atoms with Crippen molar-refractivity contribution in [2.75, 3.05) is 38.0 Å². The van der Waals surface area contributed by atoms with Crippen LogP contribution in [0.15, 0.2) is 24.3 Å². The van der Waals surface area contributed by atoms with Gasteiger partial charge in [0.25, 0.3) is 5.91 Å². The molecule has 1 aromatic rings. The summed E-state index contributed by atoms with van der Waals surface area (Å²) in [5.74, 6) is 0.0229. The average molecular weight is 383 g/mol. The lowest BCUT2D eigenvalue weighted by Crippen LogP contribution is -2.53. The Labute approximate surface area is 160 Å². The highest BCUT2D eigenvalue weighted by Crippen LogP contribution is 2.21. The monoisotopic (exact) mass is 382 g/mol. The first-order valence-electron chi connectivity index (χ1n) is 8.83. The minimum Gasteiger partial charge on any atom is -0.364 e. The van der Waals surface area contributed by atoms with Gasteiger partial charge in [-0.1, -0.05) is 12.1 Å². The topological polar surface area (TPSA) is 87.9 Å². The van der Waals surface area contributed by atoms with E-state index in [1.165, 1.54) is 0 Å². The third-order valence-electron chi connectivity index (χ3n) is 4.79. The van der Waals surface area contributed by atoms with Crippen LogP contribution >= 0.6 is 12.4 Å². The fourth-order valence-corrected chi connectivity index (χ4v) is 3.32. The molecule has 0 unspecified atom stereocenters. The van der Waals surface area contributed by atoms with E-state index in [0.717, 1.165) is 24.1 Å². The first kappa shape index (κ1) is 20.5. The summed E-state index contributed by atoms with van der Waals surface area (Å²) in [6.07, 6.45) is 1.19. The lowest BCUT2D eigenvalue weighted by atomic mass is 10.1. The van der Waals surface area contributed by atoms with E-state index < -0.39 is 0 Å². The fraction of sp³-hybridized carbons (Fsp3) is 0.556. The smallest absolute Gasteiger partial charge is 0.321 e. The summed E-state index contributed by atoms with van der Waals surface area (Å²) in [7, 11) is 0. The maximum Gasteiger partial charge on any atom is 0.321 e. The predicted molar refractivity (Wildman–Crippen MR) is 103 cm³/mol. The molecule has 0 bridgehead atoms. The van der Waals surface area contributed by atoms with Crippen molar-refractivity contribution in [1.82, 2.24) is 9.80 Å². The van der Waals surface area contributed by atoms with Crippen LogP contribution in [0.5, 0.6) is 0 Å². The van der Waals surface area contributed by atoms with Crippen LogP contribution in [0.4, 0.5) is 10.5 Å². The van der Waals surface area contributed by atoms with Gasteiger partial charge < -0.3 is 25.6 Å². The van der Waals surface area contributed by atoms with Crippen molar-refractivity contribution >= 4 is 30.0 Å². The van der Waals surface area contributed by atoms with E-state index in [0.29, 0.717) is 32.7 Å². The molecule has 3 N–H and O–H groups in total. The van der Waals surface area contributed by atoms with E-state index >= 15 is 0 Å². The zero-order valence-electron chi connectivity index (χ0n) is 15.0. The molecule has 0 aliphatic carbocycles. The molecule has 26 heavy (non-hydrogen) atoms. The number of nitrogens with one attached hydrogen (secondary N) is 1. The first-order chi connectivity index (χ1) is 12.1. The number of halogens is 1. The molecule has 144 valence electrons. The maximum absolute atomic E-state index is 12.5. The second-order valence-corrected chi connectivity index (χ2v) is 6.67. The quantitative estimate of drug-likeness (QED) is 0.831. The Balaban J connectivity index is 0.00000243. The summed E-state index contributed by atoms with van der Waals surface area (Å²) >= 11 is 0. The summed E-state index contributed by atoms with van der Waals surface area (Å²) in [5.41, 5.74) is 7.48. The zero-order chi connectivity index (χ0) is 17.8. The third-order valence-corrected chi connectivity index (χ3v) is 4.79. The summed E-state index contributed by atoms with van der Waals surface area (Å²) in [6.45, 7) is 4.56. The van der Waals surface area contributed by atoms with Gasteiger partial charge in [-0.15, -0.1) is 12.4 Å². The molecule has 2 aliphatic rings. The molecule has 3 amide bonds. The number of rotatable bonds is 3. The molecule has 3 rings (SSSR count). The SMILES string of the molecule is Cc1cccc(NC(=O)N2CCN(C(=O)[C@@H]3CC[C@H](CN)O3)CC2)c1.Cl. The summed E-state index contributed by atoms with van der Waals surface area (Å²) < 4.78 is 5.68. The van der Waals surface area contributed by atoms with Crippen LogP contribution in [0, 0.1) is 6.92 Å². The van der Waals surface area contributed by atoms with Gasteiger partial charge in [-0.25, -0.2) is 4.79 Å². The number of ether oxygens (including phenoxy) is 1. The highest BCUT2D eigenvalue weighted by atomic mass is 35.5. The Morgan fingerprint density at radius 2 is 1.88 bits per heavy atom. The molecule has 0 saturated carbocycles. The Hall–Kier alpha value is -1.83. The first-order valence-corrected chi connectivity index (χ1v) is 8.83. The van der Waals surface area contributed by atoms with Crippen LogP contribution in [0.3, 0.4) is 0 Å². The van der Waals surface area contributed by atoms with Crippen LogP contribution in [0.25, 0.3) is 0 Å². The predicted octanol–water partition coefficient (Wildman–Crippen LogP) is 1.60.